The van der Waals surface area contributed by atoms with Crippen molar-refractivity contribution < 1.29 is 4.39 Å². The van der Waals surface area contributed by atoms with Crippen molar-refractivity contribution >= 4 is 33.2 Å². The average molecular weight is 343 g/mol. The van der Waals surface area contributed by atoms with E-state index in [1.54, 1.807) is 28.0 Å². The van der Waals surface area contributed by atoms with Gasteiger partial charge in [-0.25, -0.2) is 9.37 Å². The van der Waals surface area contributed by atoms with Crippen LogP contribution in [0.4, 0.5) is 16.0 Å². The molecule has 4 rings (SSSR count). The number of nitrogens with zero attached hydrogens (tertiary/aromatic N) is 2. The van der Waals surface area contributed by atoms with E-state index in [0.29, 0.717) is 18.2 Å². The number of hydrogen-bond donors (Lipinski definition) is 1. The molecular weight excluding hydrogens is 325 g/mol. The summed E-state index contributed by atoms with van der Waals surface area (Å²) in [5, 5.41) is 3.88. The number of halogens is 1. The van der Waals surface area contributed by atoms with Gasteiger partial charge in [0.15, 0.2) is 0 Å². The van der Waals surface area contributed by atoms with E-state index in [1.807, 2.05) is 6.92 Å². The Hall–Kier alpha value is -2.21. The van der Waals surface area contributed by atoms with E-state index in [-0.39, 0.29) is 11.4 Å². The molecule has 1 aliphatic rings. The lowest BCUT2D eigenvalue weighted by atomic mass is 9.97. The smallest absolute Gasteiger partial charge is 0.263 e. The summed E-state index contributed by atoms with van der Waals surface area (Å²) >= 11 is 1.62. The van der Waals surface area contributed by atoms with Crippen LogP contribution in [0, 0.1) is 5.82 Å². The van der Waals surface area contributed by atoms with Crippen molar-refractivity contribution in [2.75, 3.05) is 5.32 Å². The second kappa shape index (κ2) is 6.02. The number of hydrogen-bond acceptors (Lipinski definition) is 4. The Kier molecular flexibility index (Phi) is 3.84. The number of anilines is 2. The van der Waals surface area contributed by atoms with Gasteiger partial charge in [-0.2, -0.15) is 0 Å². The third kappa shape index (κ3) is 2.51. The number of nitrogens with one attached hydrogen (secondary N) is 1. The summed E-state index contributed by atoms with van der Waals surface area (Å²) in [4.78, 5) is 19.8. The third-order valence-electron chi connectivity index (χ3n) is 4.47. The van der Waals surface area contributed by atoms with Crippen molar-refractivity contribution in [2.24, 2.45) is 0 Å². The Labute approximate surface area is 143 Å². The average Bonchev–Trinajstić information content (AvgIpc) is 2.93. The lowest BCUT2D eigenvalue weighted by Gasteiger charge is -2.13. The first-order chi connectivity index (χ1) is 11.7. The van der Waals surface area contributed by atoms with E-state index in [0.717, 1.165) is 29.5 Å². The molecule has 1 aromatic carbocycles. The van der Waals surface area contributed by atoms with Gasteiger partial charge in [-0.1, -0.05) is 6.07 Å². The molecular formula is C18H18FN3OS. The molecule has 124 valence electrons. The van der Waals surface area contributed by atoms with Gasteiger partial charge in [-0.05, 0) is 56.4 Å². The maximum atomic E-state index is 13.4. The Bertz CT molecular complexity index is 976. The largest absolute Gasteiger partial charge is 0.325 e. The van der Waals surface area contributed by atoms with Crippen LogP contribution in [0.3, 0.4) is 0 Å². The number of rotatable bonds is 3. The Balaban J connectivity index is 1.88. The fourth-order valence-electron chi connectivity index (χ4n) is 3.32. The zero-order valence-corrected chi connectivity index (χ0v) is 14.3. The molecule has 6 heteroatoms. The molecule has 1 aliphatic carbocycles. The highest BCUT2D eigenvalue weighted by molar-refractivity contribution is 7.18. The second-order valence-corrected chi connectivity index (χ2v) is 7.09. The molecule has 2 heterocycles. The van der Waals surface area contributed by atoms with Gasteiger partial charge in [0.2, 0.25) is 5.95 Å². The minimum absolute atomic E-state index is 0.000744. The summed E-state index contributed by atoms with van der Waals surface area (Å²) in [5.41, 5.74) is 1.78. The highest BCUT2D eigenvalue weighted by atomic mass is 32.1. The lowest BCUT2D eigenvalue weighted by Crippen LogP contribution is -2.23. The molecule has 0 spiro atoms. The van der Waals surface area contributed by atoms with E-state index in [1.165, 1.54) is 29.0 Å². The van der Waals surface area contributed by atoms with Gasteiger partial charge in [0.05, 0.1) is 5.39 Å². The Morgan fingerprint density at radius 2 is 2.17 bits per heavy atom. The molecule has 4 nitrogen and oxygen atoms in total. The van der Waals surface area contributed by atoms with Crippen molar-refractivity contribution in [3.05, 3.63) is 50.9 Å². The monoisotopic (exact) mass is 343 g/mol. The van der Waals surface area contributed by atoms with Crippen LogP contribution in [-0.2, 0) is 19.4 Å². The van der Waals surface area contributed by atoms with Crippen LogP contribution in [0.2, 0.25) is 0 Å². The Morgan fingerprint density at radius 3 is 2.96 bits per heavy atom. The predicted molar refractivity (Wildman–Crippen MR) is 95.9 cm³/mol. The Morgan fingerprint density at radius 1 is 1.33 bits per heavy atom. The quantitative estimate of drug-likeness (QED) is 0.774. The first-order valence-corrected chi connectivity index (χ1v) is 9.06. The molecule has 0 atom stereocenters. The normalized spacial score (nSPS) is 13.9. The van der Waals surface area contributed by atoms with Crippen molar-refractivity contribution in [1.29, 1.82) is 0 Å². The molecule has 0 fully saturated rings. The van der Waals surface area contributed by atoms with Crippen LogP contribution < -0.4 is 10.9 Å². The molecule has 0 saturated carbocycles. The van der Waals surface area contributed by atoms with E-state index in [9.17, 15) is 9.18 Å². The van der Waals surface area contributed by atoms with Gasteiger partial charge in [-0.15, -0.1) is 11.3 Å². The van der Waals surface area contributed by atoms with Gasteiger partial charge in [0.25, 0.3) is 5.56 Å². The number of thiophene rings is 1. The van der Waals surface area contributed by atoms with Crippen LogP contribution in [0.25, 0.3) is 10.2 Å². The first kappa shape index (κ1) is 15.3. The zero-order chi connectivity index (χ0) is 16.7. The SMILES string of the molecule is CCn1c(Nc2cccc(F)c2)nc2sc3c(c2c1=O)CCCC3. The van der Waals surface area contributed by atoms with Gasteiger partial charge in [0.1, 0.15) is 10.6 Å². The number of benzene rings is 1. The summed E-state index contributed by atoms with van der Waals surface area (Å²) in [5.74, 6) is 0.150. The molecule has 2 aromatic heterocycles. The maximum Gasteiger partial charge on any atom is 0.263 e. The molecule has 1 N–H and O–H groups in total. The van der Waals surface area contributed by atoms with Crippen LogP contribution in [-0.4, -0.2) is 9.55 Å². The van der Waals surface area contributed by atoms with Crippen molar-refractivity contribution in [3.63, 3.8) is 0 Å². The van der Waals surface area contributed by atoms with Gasteiger partial charge in [0, 0.05) is 17.1 Å². The van der Waals surface area contributed by atoms with Gasteiger partial charge >= 0.3 is 0 Å². The van der Waals surface area contributed by atoms with Crippen LogP contribution in [0.1, 0.15) is 30.2 Å². The maximum absolute atomic E-state index is 13.4. The summed E-state index contributed by atoms with van der Waals surface area (Å²) in [7, 11) is 0. The third-order valence-corrected chi connectivity index (χ3v) is 5.66. The number of fused-ring (bicyclic) bond motifs is 3. The first-order valence-electron chi connectivity index (χ1n) is 8.25. The number of aromatic nitrogens is 2. The minimum Gasteiger partial charge on any atom is -0.325 e. The fraction of sp³-hybridized carbons (Fsp3) is 0.333. The fourth-order valence-corrected chi connectivity index (χ4v) is 4.57. The van der Waals surface area contributed by atoms with Crippen LogP contribution in [0.15, 0.2) is 29.1 Å². The highest BCUT2D eigenvalue weighted by Crippen LogP contribution is 2.34. The zero-order valence-electron chi connectivity index (χ0n) is 13.4. The molecule has 0 bridgehead atoms. The summed E-state index contributed by atoms with van der Waals surface area (Å²) < 4.78 is 15.0. The molecule has 0 aliphatic heterocycles. The summed E-state index contributed by atoms with van der Waals surface area (Å²) in [6.07, 6.45) is 4.31. The molecule has 3 aromatic rings. The van der Waals surface area contributed by atoms with E-state index < -0.39 is 0 Å². The summed E-state index contributed by atoms with van der Waals surface area (Å²) in [6.45, 7) is 2.44. The predicted octanol–water partition coefficient (Wildman–Crippen LogP) is 4.24. The van der Waals surface area contributed by atoms with Crippen molar-refractivity contribution in [1.82, 2.24) is 9.55 Å². The topological polar surface area (TPSA) is 46.9 Å². The van der Waals surface area contributed by atoms with E-state index >= 15 is 0 Å². The van der Waals surface area contributed by atoms with Gasteiger partial charge < -0.3 is 5.32 Å². The molecule has 0 radical (unpaired) electrons. The minimum atomic E-state index is -0.321. The second-order valence-electron chi connectivity index (χ2n) is 6.01. The molecule has 0 amide bonds. The standard InChI is InChI=1S/C18H18FN3OS/c1-2-22-17(23)15-13-8-3-4-9-14(13)24-16(15)21-18(22)20-12-7-5-6-11(19)10-12/h5-7,10H,2-4,8-9H2,1H3,(H,20,21). The van der Waals surface area contributed by atoms with E-state index in [4.69, 9.17) is 0 Å². The molecule has 0 saturated heterocycles. The van der Waals surface area contributed by atoms with Crippen LogP contribution in [0.5, 0.6) is 0 Å². The van der Waals surface area contributed by atoms with Crippen molar-refractivity contribution in [2.45, 2.75) is 39.2 Å². The van der Waals surface area contributed by atoms with Crippen molar-refractivity contribution in [3.8, 4) is 0 Å². The molecule has 0 unspecified atom stereocenters. The molecule has 24 heavy (non-hydrogen) atoms. The van der Waals surface area contributed by atoms with E-state index in [2.05, 4.69) is 10.3 Å². The lowest BCUT2D eigenvalue weighted by molar-refractivity contribution is 0.628. The highest BCUT2D eigenvalue weighted by Gasteiger charge is 2.21. The number of aryl methyl sites for hydroxylation is 2. The van der Waals surface area contributed by atoms with Gasteiger partial charge in [-0.3, -0.25) is 9.36 Å². The van der Waals surface area contributed by atoms with Crippen LogP contribution >= 0.6 is 11.3 Å². The summed E-state index contributed by atoms with van der Waals surface area (Å²) in [6, 6.07) is 6.19.